The largest absolute Gasteiger partial charge is 0.336 e. The van der Waals surface area contributed by atoms with E-state index < -0.39 is 34.5 Å². The fourth-order valence-corrected chi connectivity index (χ4v) is 5.70. The van der Waals surface area contributed by atoms with Crippen molar-refractivity contribution in [3.05, 3.63) is 95.1 Å². The Morgan fingerprint density at radius 2 is 1.11 bits per heavy atom. The molecular weight excluding hydrogens is 735 g/mol. The SMILES string of the molecule is CC(C)(C#N)CNC(=O)Nc1ccc(C(=O)N2CCN(Cc3ccccc3)CC2)cc1F.CC(C)(C#N)CNC(=O)Nc1ccc(C(=O)N2CCNCC2)cc1F. The Hall–Kier alpha value is -6.10. The highest BCUT2D eigenvalue weighted by atomic mass is 19.1. The number of amides is 6. The summed E-state index contributed by atoms with van der Waals surface area (Å²) in [4.78, 5) is 54.6. The third-order valence-corrected chi connectivity index (χ3v) is 9.23. The molecule has 2 fully saturated rings. The smallest absolute Gasteiger partial charge is 0.319 e. The lowest BCUT2D eigenvalue weighted by Crippen LogP contribution is -2.48. The van der Waals surface area contributed by atoms with Gasteiger partial charge in [0.15, 0.2) is 0 Å². The predicted molar refractivity (Wildman–Crippen MR) is 212 cm³/mol. The van der Waals surface area contributed by atoms with Gasteiger partial charge in [-0.05, 0) is 69.7 Å². The Labute approximate surface area is 332 Å². The second-order valence-electron chi connectivity index (χ2n) is 15.1. The molecule has 14 nitrogen and oxygen atoms in total. The van der Waals surface area contributed by atoms with E-state index in [9.17, 15) is 28.0 Å². The lowest BCUT2D eigenvalue weighted by atomic mass is 9.96. The van der Waals surface area contributed by atoms with Crippen molar-refractivity contribution in [2.45, 2.75) is 34.2 Å². The summed E-state index contributed by atoms with van der Waals surface area (Å²) >= 11 is 0. The molecule has 0 radical (unpaired) electrons. The van der Waals surface area contributed by atoms with Crippen molar-refractivity contribution in [2.75, 3.05) is 76.1 Å². The van der Waals surface area contributed by atoms with Crippen LogP contribution in [0.3, 0.4) is 0 Å². The van der Waals surface area contributed by atoms with Gasteiger partial charge < -0.3 is 36.4 Å². The van der Waals surface area contributed by atoms with Gasteiger partial charge in [0.05, 0.1) is 34.3 Å². The topological polar surface area (TPSA) is 186 Å². The van der Waals surface area contributed by atoms with Crippen LogP contribution >= 0.6 is 0 Å². The number of hydrogen-bond donors (Lipinski definition) is 5. The van der Waals surface area contributed by atoms with E-state index in [1.165, 1.54) is 29.8 Å². The van der Waals surface area contributed by atoms with Crippen molar-refractivity contribution >= 4 is 35.3 Å². The fourth-order valence-electron chi connectivity index (χ4n) is 5.70. The fraction of sp³-hybridized carbons (Fsp3) is 0.415. The van der Waals surface area contributed by atoms with E-state index in [1.807, 2.05) is 18.2 Å². The summed E-state index contributed by atoms with van der Waals surface area (Å²) in [6.07, 6.45) is 0. The van der Waals surface area contributed by atoms with Gasteiger partial charge in [0, 0.05) is 83.1 Å². The molecule has 3 aromatic carbocycles. The number of piperazine rings is 2. The van der Waals surface area contributed by atoms with Crippen LogP contribution in [0.15, 0.2) is 66.7 Å². The number of carbonyl (C=O) groups excluding carboxylic acids is 4. The molecule has 2 aliphatic heterocycles. The summed E-state index contributed by atoms with van der Waals surface area (Å²) in [7, 11) is 0. The molecule has 0 atom stereocenters. The minimum atomic E-state index is -0.725. The van der Waals surface area contributed by atoms with E-state index in [4.69, 9.17) is 10.5 Å². The van der Waals surface area contributed by atoms with E-state index >= 15 is 0 Å². The first-order valence-corrected chi connectivity index (χ1v) is 18.7. The van der Waals surface area contributed by atoms with Crippen molar-refractivity contribution in [2.24, 2.45) is 10.8 Å². The molecule has 5 rings (SSSR count). The highest BCUT2D eigenvalue weighted by Crippen LogP contribution is 2.20. The van der Waals surface area contributed by atoms with E-state index in [2.05, 4.69) is 55.8 Å². The lowest BCUT2D eigenvalue weighted by molar-refractivity contribution is 0.0627. The number of rotatable bonds is 10. The molecule has 0 unspecified atom stereocenters. The van der Waals surface area contributed by atoms with Crippen molar-refractivity contribution < 1.29 is 28.0 Å². The summed E-state index contributed by atoms with van der Waals surface area (Å²) in [6, 6.07) is 21.1. The van der Waals surface area contributed by atoms with Crippen LogP contribution in [0.1, 0.15) is 54.0 Å². The van der Waals surface area contributed by atoms with Crippen LogP contribution < -0.4 is 26.6 Å². The third kappa shape index (κ3) is 13.6. The van der Waals surface area contributed by atoms with Crippen LogP contribution in [0.2, 0.25) is 0 Å². The molecule has 6 amide bonds. The molecule has 3 aromatic rings. The molecule has 57 heavy (non-hydrogen) atoms. The van der Waals surface area contributed by atoms with Crippen molar-refractivity contribution in [1.82, 2.24) is 30.7 Å². The zero-order chi connectivity index (χ0) is 41.6. The average molecular weight is 785 g/mol. The maximum Gasteiger partial charge on any atom is 0.319 e. The normalized spacial score (nSPS) is 14.5. The van der Waals surface area contributed by atoms with Gasteiger partial charge in [-0.2, -0.15) is 10.5 Å². The molecule has 0 aliphatic carbocycles. The number of nitrogens with one attached hydrogen (secondary N) is 5. The van der Waals surface area contributed by atoms with E-state index in [0.29, 0.717) is 39.3 Å². The van der Waals surface area contributed by atoms with Gasteiger partial charge >= 0.3 is 12.1 Å². The monoisotopic (exact) mass is 784 g/mol. The summed E-state index contributed by atoms with van der Waals surface area (Å²) in [5.74, 6) is -1.83. The number of carbonyl (C=O) groups is 4. The number of hydrogen-bond acceptors (Lipinski definition) is 8. The van der Waals surface area contributed by atoms with Crippen LogP contribution in [-0.2, 0) is 6.54 Å². The third-order valence-electron chi connectivity index (χ3n) is 9.23. The van der Waals surface area contributed by atoms with Crippen LogP contribution in [0.4, 0.5) is 29.7 Å². The van der Waals surface area contributed by atoms with E-state index in [1.54, 1.807) is 37.5 Å². The van der Waals surface area contributed by atoms with Gasteiger partial charge in [-0.25, -0.2) is 18.4 Å². The molecule has 0 saturated carbocycles. The summed E-state index contributed by atoms with van der Waals surface area (Å²) < 4.78 is 28.7. The second-order valence-corrected chi connectivity index (χ2v) is 15.1. The molecule has 0 spiro atoms. The zero-order valence-electron chi connectivity index (χ0n) is 32.8. The molecule has 2 saturated heterocycles. The molecule has 2 heterocycles. The first kappa shape index (κ1) is 43.6. The van der Waals surface area contributed by atoms with E-state index in [-0.39, 0.29) is 47.4 Å². The van der Waals surface area contributed by atoms with E-state index in [0.717, 1.165) is 31.8 Å². The van der Waals surface area contributed by atoms with Crippen molar-refractivity contribution in [1.29, 1.82) is 10.5 Å². The summed E-state index contributed by atoms with van der Waals surface area (Å²) in [5, 5.41) is 30.9. The quantitative estimate of drug-likeness (QED) is 0.190. The van der Waals surface area contributed by atoms with Gasteiger partial charge in [0.25, 0.3) is 11.8 Å². The maximum absolute atomic E-state index is 14.5. The first-order chi connectivity index (χ1) is 27.1. The molecule has 0 aromatic heterocycles. The molecule has 302 valence electrons. The highest BCUT2D eigenvalue weighted by Gasteiger charge is 2.24. The van der Waals surface area contributed by atoms with Crippen LogP contribution in [0.25, 0.3) is 0 Å². The van der Waals surface area contributed by atoms with Gasteiger partial charge in [0.2, 0.25) is 0 Å². The Bertz CT molecular complexity index is 1970. The zero-order valence-corrected chi connectivity index (χ0v) is 32.8. The number of halogens is 2. The number of nitrogens with zero attached hydrogens (tertiary/aromatic N) is 5. The van der Waals surface area contributed by atoms with Crippen LogP contribution in [0.5, 0.6) is 0 Å². The van der Waals surface area contributed by atoms with Crippen molar-refractivity contribution in [3.8, 4) is 12.1 Å². The summed E-state index contributed by atoms with van der Waals surface area (Å²) in [6.45, 7) is 13.1. The Kier molecular flexibility index (Phi) is 15.4. The number of urea groups is 2. The summed E-state index contributed by atoms with van der Waals surface area (Å²) in [5.41, 5.74) is 0.238. The van der Waals surface area contributed by atoms with Gasteiger partial charge in [-0.1, -0.05) is 30.3 Å². The Morgan fingerprint density at radius 1 is 0.667 bits per heavy atom. The highest BCUT2D eigenvalue weighted by molar-refractivity contribution is 5.96. The predicted octanol–water partition coefficient (Wildman–Crippen LogP) is 5.00. The van der Waals surface area contributed by atoms with Gasteiger partial charge in [-0.15, -0.1) is 0 Å². The Morgan fingerprint density at radius 3 is 1.53 bits per heavy atom. The molecule has 0 bridgehead atoms. The average Bonchev–Trinajstić information content (AvgIpc) is 3.21. The molecule has 16 heteroatoms. The van der Waals surface area contributed by atoms with Gasteiger partial charge in [-0.3, -0.25) is 14.5 Å². The minimum absolute atomic E-state index is 0.0240. The lowest BCUT2D eigenvalue weighted by Gasteiger charge is -2.34. The number of nitriles is 2. The second kappa shape index (κ2) is 20.2. The minimum Gasteiger partial charge on any atom is -0.336 e. The first-order valence-electron chi connectivity index (χ1n) is 18.7. The van der Waals surface area contributed by atoms with Crippen molar-refractivity contribution in [3.63, 3.8) is 0 Å². The standard InChI is InChI=1S/C24H28FN5O2.C17H22FN5O2/c1-24(2,16-26)17-27-23(32)28-21-9-8-19(14-20(21)25)22(31)30-12-10-29(11-13-30)15-18-6-4-3-5-7-18;1-17(2,10-19)11-21-16(25)22-14-4-3-12(9-13(14)18)15(24)23-7-5-20-6-8-23/h3-9,14H,10-13,15,17H2,1-2H3,(H2,27,28,32);3-4,9,20H,5-8,11H2,1-2H3,(H2,21,22,25). The maximum atomic E-state index is 14.5. The number of anilines is 2. The van der Waals surface area contributed by atoms with Crippen LogP contribution in [0, 0.1) is 45.1 Å². The molecular formula is C41H50F2N10O4. The number of benzene rings is 3. The van der Waals surface area contributed by atoms with Crippen LogP contribution in [-0.4, -0.2) is 104 Å². The molecule has 2 aliphatic rings. The van der Waals surface area contributed by atoms with Gasteiger partial charge in [0.1, 0.15) is 11.6 Å². The Balaban J connectivity index is 0.000000261. The molecule has 5 N–H and O–H groups in total.